The van der Waals surface area contributed by atoms with Crippen LogP contribution in [-0.2, 0) is 4.79 Å². The van der Waals surface area contributed by atoms with Crippen LogP contribution >= 0.6 is 0 Å². The summed E-state index contributed by atoms with van der Waals surface area (Å²) in [4.78, 5) is 12.1. The normalized spacial score (nSPS) is 34.4. The quantitative estimate of drug-likeness (QED) is 0.758. The number of nitrogens with one attached hydrogen (secondary N) is 1. The lowest BCUT2D eigenvalue weighted by Crippen LogP contribution is -2.43. The maximum absolute atomic E-state index is 12.1. The Bertz CT molecular complexity index is 272. The summed E-state index contributed by atoms with van der Waals surface area (Å²) in [5.41, 5.74) is 0. The Morgan fingerprint density at radius 3 is 2.12 bits per heavy atom. The Balaban J connectivity index is 1.57. The highest BCUT2D eigenvalue weighted by atomic mass is 16.3. The van der Waals surface area contributed by atoms with E-state index in [1.54, 1.807) is 0 Å². The molecule has 3 heteroatoms. The molecule has 3 nitrogen and oxygen atoms in total. The Morgan fingerprint density at radius 2 is 1.69 bits per heavy atom. The summed E-state index contributed by atoms with van der Waals surface area (Å²) in [7, 11) is 0. The van der Waals surface area contributed by atoms with E-state index in [1.807, 2.05) is 0 Å². The van der Waals surface area contributed by atoms with Crippen LogP contribution < -0.4 is 5.32 Å². The van der Waals surface area contributed by atoms with Gasteiger partial charge in [-0.3, -0.25) is 4.79 Å². The van der Waals surface area contributed by atoms with Gasteiger partial charge in [-0.2, -0.15) is 0 Å². The van der Waals surface area contributed by atoms with Gasteiger partial charge in [0.15, 0.2) is 0 Å². The number of aliphatic hydroxyl groups is 1. The summed E-state index contributed by atoms with van der Waals surface area (Å²) in [6.07, 6.45) is 7.42. The molecule has 0 radical (unpaired) electrons. The second-order valence-corrected chi connectivity index (χ2v) is 5.81. The molecule has 0 aromatic carbocycles. The van der Waals surface area contributed by atoms with Gasteiger partial charge in [-0.05, 0) is 56.8 Å². The van der Waals surface area contributed by atoms with Crippen LogP contribution in [0.5, 0.6) is 0 Å². The third kappa shape index (κ3) is 2.10. The average Bonchev–Trinajstić information content (AvgIpc) is 3.14. The van der Waals surface area contributed by atoms with Crippen molar-refractivity contribution in [2.75, 3.05) is 0 Å². The molecular weight excluding hydrogens is 202 g/mol. The van der Waals surface area contributed by atoms with Gasteiger partial charge in [-0.1, -0.05) is 0 Å². The Morgan fingerprint density at radius 1 is 1.06 bits per heavy atom. The zero-order valence-electron chi connectivity index (χ0n) is 9.69. The predicted octanol–water partition coefficient (Wildman–Crippen LogP) is 1.45. The van der Waals surface area contributed by atoms with Gasteiger partial charge in [0.25, 0.3) is 0 Å². The van der Waals surface area contributed by atoms with E-state index in [2.05, 4.69) is 5.32 Å². The molecule has 0 spiro atoms. The van der Waals surface area contributed by atoms with E-state index in [4.69, 9.17) is 0 Å². The number of aliphatic hydroxyl groups excluding tert-OH is 1. The van der Waals surface area contributed by atoms with Crippen molar-refractivity contribution in [2.24, 2.45) is 17.8 Å². The number of carbonyl (C=O) groups is 1. The van der Waals surface area contributed by atoms with Crippen molar-refractivity contribution in [1.29, 1.82) is 0 Å². The molecule has 2 N–H and O–H groups in total. The SMILES string of the molecule is O=C(NC(C1CC1)C1CC1)C1CCCC1O. The van der Waals surface area contributed by atoms with Crippen molar-refractivity contribution < 1.29 is 9.90 Å². The molecule has 2 unspecified atom stereocenters. The molecule has 90 valence electrons. The minimum atomic E-state index is -0.390. The van der Waals surface area contributed by atoms with Crippen molar-refractivity contribution in [3.05, 3.63) is 0 Å². The van der Waals surface area contributed by atoms with Crippen LogP contribution in [-0.4, -0.2) is 23.2 Å². The first kappa shape index (κ1) is 10.6. The molecular formula is C13H21NO2. The van der Waals surface area contributed by atoms with Gasteiger partial charge in [-0.15, -0.1) is 0 Å². The van der Waals surface area contributed by atoms with Crippen molar-refractivity contribution in [3.63, 3.8) is 0 Å². The third-order valence-electron chi connectivity index (χ3n) is 4.38. The first-order valence-electron chi connectivity index (χ1n) is 6.74. The summed E-state index contributed by atoms with van der Waals surface area (Å²) in [5, 5.41) is 12.9. The van der Waals surface area contributed by atoms with E-state index < -0.39 is 0 Å². The van der Waals surface area contributed by atoms with Gasteiger partial charge >= 0.3 is 0 Å². The van der Waals surface area contributed by atoms with Crippen molar-refractivity contribution in [3.8, 4) is 0 Å². The molecule has 3 aliphatic carbocycles. The van der Waals surface area contributed by atoms with Crippen molar-refractivity contribution >= 4 is 5.91 Å². The molecule has 0 aliphatic heterocycles. The highest BCUT2D eigenvalue weighted by Gasteiger charge is 2.43. The van der Waals surface area contributed by atoms with E-state index in [1.165, 1.54) is 25.7 Å². The molecule has 3 rings (SSSR count). The second kappa shape index (κ2) is 4.02. The highest BCUT2D eigenvalue weighted by Crippen LogP contribution is 2.44. The first-order chi connectivity index (χ1) is 7.75. The number of rotatable bonds is 4. The van der Waals surface area contributed by atoms with Crippen LogP contribution in [0, 0.1) is 17.8 Å². The molecule has 0 aromatic heterocycles. The molecule has 0 saturated heterocycles. The number of amides is 1. The van der Waals surface area contributed by atoms with Crippen LogP contribution in [0.15, 0.2) is 0 Å². The average molecular weight is 223 g/mol. The molecule has 0 aromatic rings. The van der Waals surface area contributed by atoms with Gasteiger partial charge in [0.2, 0.25) is 5.91 Å². The van der Waals surface area contributed by atoms with E-state index >= 15 is 0 Å². The van der Waals surface area contributed by atoms with Crippen LogP contribution in [0.2, 0.25) is 0 Å². The van der Waals surface area contributed by atoms with Gasteiger partial charge in [0, 0.05) is 6.04 Å². The summed E-state index contributed by atoms with van der Waals surface area (Å²) in [5.74, 6) is 1.48. The lowest BCUT2D eigenvalue weighted by molar-refractivity contribution is -0.128. The second-order valence-electron chi connectivity index (χ2n) is 5.81. The minimum absolute atomic E-state index is 0.119. The fourth-order valence-corrected chi connectivity index (χ4v) is 3.05. The molecule has 16 heavy (non-hydrogen) atoms. The molecule has 3 aliphatic rings. The van der Waals surface area contributed by atoms with E-state index in [-0.39, 0.29) is 17.9 Å². The topological polar surface area (TPSA) is 49.3 Å². The van der Waals surface area contributed by atoms with E-state index in [0.717, 1.165) is 31.1 Å². The monoisotopic (exact) mass is 223 g/mol. The molecule has 1 amide bonds. The fourth-order valence-electron chi connectivity index (χ4n) is 3.05. The summed E-state index contributed by atoms with van der Waals surface area (Å²) in [6.45, 7) is 0. The Labute approximate surface area is 96.6 Å². The van der Waals surface area contributed by atoms with Gasteiger partial charge in [0.05, 0.1) is 12.0 Å². The van der Waals surface area contributed by atoms with Crippen molar-refractivity contribution in [1.82, 2.24) is 5.32 Å². The number of carbonyl (C=O) groups excluding carboxylic acids is 1. The lowest BCUT2D eigenvalue weighted by Gasteiger charge is -2.21. The number of hydrogen-bond acceptors (Lipinski definition) is 2. The fraction of sp³-hybridized carbons (Fsp3) is 0.923. The summed E-state index contributed by atoms with van der Waals surface area (Å²) in [6, 6.07) is 0.431. The molecule has 0 bridgehead atoms. The molecule has 3 fully saturated rings. The third-order valence-corrected chi connectivity index (χ3v) is 4.38. The lowest BCUT2D eigenvalue weighted by atomic mass is 10.0. The standard InChI is InChI=1S/C13H21NO2/c15-11-3-1-2-10(11)13(16)14-12(8-4-5-8)9-6-7-9/h8-12,15H,1-7H2,(H,14,16). The van der Waals surface area contributed by atoms with Gasteiger partial charge in [-0.25, -0.2) is 0 Å². The maximum Gasteiger partial charge on any atom is 0.225 e. The molecule has 3 saturated carbocycles. The van der Waals surface area contributed by atoms with Gasteiger partial charge in [0.1, 0.15) is 0 Å². The highest BCUT2D eigenvalue weighted by molar-refractivity contribution is 5.80. The van der Waals surface area contributed by atoms with E-state index in [9.17, 15) is 9.90 Å². The van der Waals surface area contributed by atoms with Crippen molar-refractivity contribution in [2.45, 2.75) is 57.1 Å². The first-order valence-corrected chi connectivity index (χ1v) is 6.74. The molecule has 2 atom stereocenters. The van der Waals surface area contributed by atoms with Crippen LogP contribution in [0.4, 0.5) is 0 Å². The van der Waals surface area contributed by atoms with E-state index in [0.29, 0.717) is 6.04 Å². The smallest absolute Gasteiger partial charge is 0.225 e. The van der Waals surface area contributed by atoms with Gasteiger partial charge < -0.3 is 10.4 Å². The Kier molecular flexibility index (Phi) is 2.66. The zero-order valence-corrected chi connectivity index (χ0v) is 9.69. The predicted molar refractivity (Wildman–Crippen MR) is 60.7 cm³/mol. The number of hydrogen-bond donors (Lipinski definition) is 2. The largest absolute Gasteiger partial charge is 0.392 e. The molecule has 0 heterocycles. The minimum Gasteiger partial charge on any atom is -0.392 e. The van der Waals surface area contributed by atoms with Crippen LogP contribution in [0.1, 0.15) is 44.9 Å². The van der Waals surface area contributed by atoms with Crippen LogP contribution in [0.25, 0.3) is 0 Å². The Hall–Kier alpha value is -0.570. The summed E-state index contributed by atoms with van der Waals surface area (Å²) < 4.78 is 0. The maximum atomic E-state index is 12.1. The zero-order chi connectivity index (χ0) is 11.1. The summed E-state index contributed by atoms with van der Waals surface area (Å²) >= 11 is 0. The van der Waals surface area contributed by atoms with Crippen LogP contribution in [0.3, 0.4) is 0 Å².